The standard InChI is InChI=1S/C27H40N2O4S/c1-5-7-22-32-26-16-18-27(19-17-26)34(30,31)29(4)24-12-14-25(15-13-24)33-23-11-9-8-10-21-28(3)20-6-2/h6,12-19H,2,5,7-11,20-23H2,1,3-4H3. The number of unbranched alkanes of at least 4 members (excludes halogenated alkanes) is 4. The topological polar surface area (TPSA) is 59.1 Å². The molecule has 34 heavy (non-hydrogen) atoms. The first kappa shape index (κ1) is 27.7. The second kappa shape index (κ2) is 14.7. The van der Waals surface area contributed by atoms with Gasteiger partial charge in [0.25, 0.3) is 10.0 Å². The number of rotatable bonds is 17. The van der Waals surface area contributed by atoms with Crippen molar-refractivity contribution in [3.05, 3.63) is 61.2 Å². The van der Waals surface area contributed by atoms with Gasteiger partial charge in [-0.2, -0.15) is 0 Å². The molecule has 2 aromatic carbocycles. The third-order valence-corrected chi connectivity index (χ3v) is 7.39. The molecule has 0 amide bonds. The van der Waals surface area contributed by atoms with Gasteiger partial charge in [0, 0.05) is 13.6 Å². The van der Waals surface area contributed by atoms with E-state index >= 15 is 0 Å². The van der Waals surface area contributed by atoms with Gasteiger partial charge in [-0.3, -0.25) is 4.31 Å². The van der Waals surface area contributed by atoms with E-state index in [0.717, 1.165) is 44.5 Å². The molecule has 0 saturated carbocycles. The van der Waals surface area contributed by atoms with Crippen LogP contribution in [-0.4, -0.2) is 53.7 Å². The zero-order valence-electron chi connectivity index (χ0n) is 20.9. The molecule has 188 valence electrons. The van der Waals surface area contributed by atoms with Crippen molar-refractivity contribution >= 4 is 15.7 Å². The van der Waals surface area contributed by atoms with E-state index in [0.29, 0.717) is 24.7 Å². The molecule has 0 atom stereocenters. The third kappa shape index (κ3) is 9.03. The van der Waals surface area contributed by atoms with Crippen molar-refractivity contribution in [3.8, 4) is 11.5 Å². The first-order chi connectivity index (χ1) is 16.4. The number of sulfonamides is 1. The van der Waals surface area contributed by atoms with Gasteiger partial charge in [0.15, 0.2) is 0 Å². The average molecular weight is 489 g/mol. The number of likely N-dealkylation sites (N-methyl/N-ethyl adjacent to an activating group) is 1. The predicted octanol–water partition coefficient (Wildman–Crippen LogP) is 5.75. The number of ether oxygens (including phenoxy) is 2. The van der Waals surface area contributed by atoms with Crippen LogP contribution in [0.1, 0.15) is 45.4 Å². The SMILES string of the molecule is C=CCN(C)CCCCCCOc1ccc(N(C)S(=O)(=O)c2ccc(OCCCC)cc2)cc1. The third-order valence-electron chi connectivity index (χ3n) is 5.59. The summed E-state index contributed by atoms with van der Waals surface area (Å²) in [6, 6.07) is 13.7. The molecule has 0 aliphatic rings. The second-order valence-electron chi connectivity index (χ2n) is 8.45. The molecule has 0 aliphatic heterocycles. The fourth-order valence-corrected chi connectivity index (χ4v) is 4.63. The van der Waals surface area contributed by atoms with E-state index < -0.39 is 10.0 Å². The van der Waals surface area contributed by atoms with Crippen molar-refractivity contribution in [1.29, 1.82) is 0 Å². The molecule has 0 bridgehead atoms. The zero-order chi connectivity index (χ0) is 24.8. The minimum atomic E-state index is -3.66. The van der Waals surface area contributed by atoms with Crippen LogP contribution >= 0.6 is 0 Å². The van der Waals surface area contributed by atoms with Gasteiger partial charge in [-0.1, -0.05) is 32.3 Å². The summed E-state index contributed by atoms with van der Waals surface area (Å²) in [5, 5.41) is 0. The zero-order valence-corrected chi connectivity index (χ0v) is 21.7. The lowest BCUT2D eigenvalue weighted by Crippen LogP contribution is -2.26. The Labute approximate surface area is 206 Å². The Hall–Kier alpha value is -2.51. The molecule has 0 unspecified atom stereocenters. The Balaban J connectivity index is 1.80. The van der Waals surface area contributed by atoms with Crippen LogP contribution in [0.4, 0.5) is 5.69 Å². The van der Waals surface area contributed by atoms with Crippen LogP contribution in [0.2, 0.25) is 0 Å². The minimum absolute atomic E-state index is 0.230. The van der Waals surface area contributed by atoms with E-state index in [1.54, 1.807) is 43.4 Å². The number of benzene rings is 2. The Kier molecular flexibility index (Phi) is 12.0. The highest BCUT2D eigenvalue weighted by Crippen LogP contribution is 2.25. The maximum Gasteiger partial charge on any atom is 0.264 e. The highest BCUT2D eigenvalue weighted by molar-refractivity contribution is 7.92. The summed E-state index contributed by atoms with van der Waals surface area (Å²) in [7, 11) is 0.00877. The van der Waals surface area contributed by atoms with Crippen molar-refractivity contribution in [2.75, 3.05) is 44.7 Å². The first-order valence-corrected chi connectivity index (χ1v) is 13.6. The van der Waals surface area contributed by atoms with Gasteiger partial charge < -0.3 is 14.4 Å². The Bertz CT molecular complexity index is 944. The summed E-state index contributed by atoms with van der Waals surface area (Å²) < 4.78 is 38.8. The second-order valence-corrected chi connectivity index (χ2v) is 10.4. The normalized spacial score (nSPS) is 11.4. The van der Waals surface area contributed by atoms with Gasteiger partial charge in [0.2, 0.25) is 0 Å². The van der Waals surface area contributed by atoms with E-state index in [4.69, 9.17) is 9.47 Å². The maximum absolute atomic E-state index is 13.0. The fourth-order valence-electron chi connectivity index (χ4n) is 3.43. The lowest BCUT2D eigenvalue weighted by atomic mass is 10.2. The summed E-state index contributed by atoms with van der Waals surface area (Å²) in [6.45, 7) is 9.15. The first-order valence-electron chi connectivity index (χ1n) is 12.1. The maximum atomic E-state index is 13.0. The minimum Gasteiger partial charge on any atom is -0.494 e. The van der Waals surface area contributed by atoms with Crippen LogP contribution in [0.25, 0.3) is 0 Å². The fraction of sp³-hybridized carbons (Fsp3) is 0.481. The largest absolute Gasteiger partial charge is 0.494 e. The molecule has 0 spiro atoms. The van der Waals surface area contributed by atoms with E-state index in [1.807, 2.05) is 18.2 Å². The molecule has 0 aliphatic carbocycles. The summed E-state index contributed by atoms with van der Waals surface area (Å²) in [6.07, 6.45) is 8.43. The Morgan fingerprint density at radius 3 is 1.97 bits per heavy atom. The lowest BCUT2D eigenvalue weighted by Gasteiger charge is -2.20. The highest BCUT2D eigenvalue weighted by Gasteiger charge is 2.21. The van der Waals surface area contributed by atoms with Gasteiger partial charge in [-0.05, 0) is 81.4 Å². The number of anilines is 1. The molecule has 0 aromatic heterocycles. The Morgan fingerprint density at radius 1 is 0.824 bits per heavy atom. The van der Waals surface area contributed by atoms with Crippen molar-refractivity contribution < 1.29 is 17.9 Å². The average Bonchev–Trinajstić information content (AvgIpc) is 2.84. The van der Waals surface area contributed by atoms with E-state index in [9.17, 15) is 8.42 Å². The van der Waals surface area contributed by atoms with Gasteiger partial charge in [0.1, 0.15) is 11.5 Å². The van der Waals surface area contributed by atoms with Crippen molar-refractivity contribution in [2.45, 2.75) is 50.3 Å². The predicted molar refractivity (Wildman–Crippen MR) is 141 cm³/mol. The van der Waals surface area contributed by atoms with Gasteiger partial charge in [-0.15, -0.1) is 6.58 Å². The summed E-state index contributed by atoms with van der Waals surface area (Å²) >= 11 is 0. The van der Waals surface area contributed by atoms with Gasteiger partial charge in [-0.25, -0.2) is 8.42 Å². The highest BCUT2D eigenvalue weighted by atomic mass is 32.2. The molecule has 0 saturated heterocycles. The summed E-state index contributed by atoms with van der Waals surface area (Å²) in [5.74, 6) is 1.42. The van der Waals surface area contributed by atoms with Crippen LogP contribution in [0, 0.1) is 0 Å². The molecular weight excluding hydrogens is 448 g/mol. The molecule has 7 heteroatoms. The molecule has 0 fully saturated rings. The van der Waals surface area contributed by atoms with Crippen LogP contribution < -0.4 is 13.8 Å². The lowest BCUT2D eigenvalue weighted by molar-refractivity contribution is 0.300. The van der Waals surface area contributed by atoms with Crippen LogP contribution in [0.15, 0.2) is 66.1 Å². The summed E-state index contributed by atoms with van der Waals surface area (Å²) in [4.78, 5) is 2.49. The number of hydrogen-bond donors (Lipinski definition) is 0. The van der Waals surface area contributed by atoms with Crippen LogP contribution in [0.3, 0.4) is 0 Å². The molecule has 0 heterocycles. The molecule has 6 nitrogen and oxygen atoms in total. The molecule has 2 aromatic rings. The van der Waals surface area contributed by atoms with Crippen molar-refractivity contribution in [1.82, 2.24) is 4.90 Å². The van der Waals surface area contributed by atoms with E-state index in [2.05, 4.69) is 25.5 Å². The molecule has 0 N–H and O–H groups in total. The number of hydrogen-bond acceptors (Lipinski definition) is 5. The smallest absolute Gasteiger partial charge is 0.264 e. The van der Waals surface area contributed by atoms with Crippen LogP contribution in [-0.2, 0) is 10.0 Å². The quantitative estimate of drug-likeness (QED) is 0.210. The van der Waals surface area contributed by atoms with Gasteiger partial charge >= 0.3 is 0 Å². The van der Waals surface area contributed by atoms with Crippen molar-refractivity contribution in [2.24, 2.45) is 0 Å². The molecule has 2 rings (SSSR count). The molecular formula is C27H40N2O4S. The van der Waals surface area contributed by atoms with Gasteiger partial charge in [0.05, 0.1) is 23.8 Å². The summed E-state index contributed by atoms with van der Waals surface area (Å²) in [5.41, 5.74) is 0.583. The van der Waals surface area contributed by atoms with E-state index in [1.165, 1.54) is 17.1 Å². The van der Waals surface area contributed by atoms with Crippen LogP contribution in [0.5, 0.6) is 11.5 Å². The van der Waals surface area contributed by atoms with E-state index in [-0.39, 0.29) is 4.90 Å². The molecule has 0 radical (unpaired) electrons. The monoisotopic (exact) mass is 488 g/mol. The number of nitrogens with zero attached hydrogens (tertiary/aromatic N) is 2. The Morgan fingerprint density at radius 2 is 1.38 bits per heavy atom. The van der Waals surface area contributed by atoms with Crippen molar-refractivity contribution in [3.63, 3.8) is 0 Å².